The minimum atomic E-state index is -0.0536. The number of rotatable bonds is 6. The fourth-order valence-corrected chi connectivity index (χ4v) is 2.05. The van der Waals surface area contributed by atoms with E-state index in [9.17, 15) is 4.79 Å². The summed E-state index contributed by atoms with van der Waals surface area (Å²) in [6.07, 6.45) is 1.66. The van der Waals surface area contributed by atoms with Gasteiger partial charge in [-0.3, -0.25) is 4.79 Å². The van der Waals surface area contributed by atoms with E-state index >= 15 is 0 Å². The summed E-state index contributed by atoms with van der Waals surface area (Å²) in [7, 11) is 3.11. The summed E-state index contributed by atoms with van der Waals surface area (Å²) < 4.78 is 12.1. The third-order valence-electron chi connectivity index (χ3n) is 3.13. The van der Waals surface area contributed by atoms with Crippen molar-refractivity contribution in [3.05, 3.63) is 35.9 Å². The van der Waals surface area contributed by atoms with E-state index in [1.165, 1.54) is 6.33 Å². The van der Waals surface area contributed by atoms with Gasteiger partial charge in [0.05, 0.1) is 20.6 Å². The van der Waals surface area contributed by atoms with E-state index in [2.05, 4.69) is 10.1 Å². The van der Waals surface area contributed by atoms with Crippen LogP contribution in [0.4, 0.5) is 0 Å². The maximum absolute atomic E-state index is 12.4. The third-order valence-corrected chi connectivity index (χ3v) is 3.13. The van der Waals surface area contributed by atoms with Gasteiger partial charge >= 0.3 is 0 Å². The van der Waals surface area contributed by atoms with Crippen LogP contribution >= 0.6 is 0 Å². The second-order valence-electron chi connectivity index (χ2n) is 4.92. The molecule has 6 nitrogen and oxygen atoms in total. The molecule has 2 aromatic rings. The molecule has 0 aliphatic heterocycles. The molecule has 2 rings (SSSR count). The summed E-state index contributed by atoms with van der Waals surface area (Å²) in [5.41, 5.74) is 0.532. The first-order chi connectivity index (χ1) is 10.0. The number of methoxy groups -OCH3 is 2. The largest absolute Gasteiger partial charge is 0.497 e. The Kier molecular flexibility index (Phi) is 4.57. The van der Waals surface area contributed by atoms with Gasteiger partial charge in [0.1, 0.15) is 23.7 Å². The predicted octanol–water partition coefficient (Wildman–Crippen LogP) is 2.30. The Morgan fingerprint density at radius 1 is 1.19 bits per heavy atom. The number of ether oxygens (including phenoxy) is 2. The van der Waals surface area contributed by atoms with Gasteiger partial charge in [0.25, 0.3) is 0 Å². The Labute approximate surface area is 123 Å². The lowest BCUT2D eigenvalue weighted by molar-refractivity contribution is 0.0988. The molecule has 0 saturated heterocycles. The number of hydrogen-bond acceptors (Lipinski definition) is 5. The molecule has 0 aliphatic carbocycles. The fourth-order valence-electron chi connectivity index (χ4n) is 2.05. The number of hydrogen-bond donors (Lipinski definition) is 0. The van der Waals surface area contributed by atoms with E-state index in [1.807, 2.05) is 13.8 Å². The molecule has 0 saturated carbocycles. The van der Waals surface area contributed by atoms with Gasteiger partial charge in [-0.15, -0.1) is 0 Å². The quantitative estimate of drug-likeness (QED) is 0.763. The molecular formula is C15H19N3O3. The summed E-state index contributed by atoms with van der Waals surface area (Å²) in [4.78, 5) is 16.6. The molecule has 0 aliphatic rings. The van der Waals surface area contributed by atoms with Crippen LogP contribution in [0.2, 0.25) is 0 Å². The zero-order chi connectivity index (χ0) is 15.4. The second kappa shape index (κ2) is 6.39. The van der Waals surface area contributed by atoms with Crippen LogP contribution in [0.5, 0.6) is 11.5 Å². The van der Waals surface area contributed by atoms with Crippen molar-refractivity contribution in [3.63, 3.8) is 0 Å². The molecule has 0 N–H and O–H groups in total. The van der Waals surface area contributed by atoms with E-state index in [0.717, 1.165) is 0 Å². The maximum atomic E-state index is 12.4. The molecule has 6 heteroatoms. The van der Waals surface area contributed by atoms with Crippen molar-refractivity contribution in [2.45, 2.75) is 26.3 Å². The molecule has 1 heterocycles. The van der Waals surface area contributed by atoms with Crippen molar-refractivity contribution in [3.8, 4) is 11.5 Å². The predicted molar refractivity (Wildman–Crippen MR) is 78.0 cm³/mol. The molecule has 21 heavy (non-hydrogen) atoms. The number of carbonyl (C=O) groups excluding carboxylic acids is 1. The highest BCUT2D eigenvalue weighted by molar-refractivity contribution is 5.97. The van der Waals surface area contributed by atoms with Crippen LogP contribution in [-0.4, -0.2) is 34.8 Å². The molecule has 0 radical (unpaired) electrons. The van der Waals surface area contributed by atoms with Crippen LogP contribution in [0.1, 0.15) is 36.1 Å². The number of benzene rings is 1. The average molecular weight is 289 g/mol. The molecule has 112 valence electrons. The number of carbonyl (C=O) groups is 1. The van der Waals surface area contributed by atoms with E-state index in [0.29, 0.717) is 22.9 Å². The van der Waals surface area contributed by atoms with Crippen LogP contribution in [-0.2, 0) is 6.42 Å². The van der Waals surface area contributed by atoms with E-state index in [4.69, 9.17) is 9.47 Å². The third kappa shape index (κ3) is 3.39. The van der Waals surface area contributed by atoms with Crippen molar-refractivity contribution in [1.29, 1.82) is 0 Å². The zero-order valence-corrected chi connectivity index (χ0v) is 12.7. The number of aromatic nitrogens is 3. The standard InChI is InChI=1S/C15H19N3O3/c1-10(2)18-15(16-9-17-18)8-14(19)11-5-12(20-3)7-13(6-11)21-4/h5-7,9-10H,8H2,1-4H3. The van der Waals surface area contributed by atoms with Crippen LogP contribution in [0.3, 0.4) is 0 Å². The van der Waals surface area contributed by atoms with Gasteiger partial charge in [-0.05, 0) is 26.0 Å². The molecule has 1 aromatic heterocycles. The Bertz CT molecular complexity index is 613. The maximum Gasteiger partial charge on any atom is 0.170 e. The highest BCUT2D eigenvalue weighted by Crippen LogP contribution is 2.23. The van der Waals surface area contributed by atoms with Gasteiger partial charge in [0.15, 0.2) is 5.78 Å². The van der Waals surface area contributed by atoms with Crippen molar-refractivity contribution >= 4 is 5.78 Å². The number of Topliss-reactive ketones (excluding diaryl/α,β-unsaturated/α-hetero) is 1. The first-order valence-corrected chi connectivity index (χ1v) is 6.69. The highest BCUT2D eigenvalue weighted by Gasteiger charge is 2.15. The van der Waals surface area contributed by atoms with Crippen molar-refractivity contribution in [2.75, 3.05) is 14.2 Å². The Morgan fingerprint density at radius 3 is 2.33 bits per heavy atom. The Balaban J connectivity index is 2.26. The lowest BCUT2D eigenvalue weighted by Gasteiger charge is -2.10. The molecule has 0 unspecified atom stereocenters. The summed E-state index contributed by atoms with van der Waals surface area (Å²) >= 11 is 0. The fraction of sp³-hybridized carbons (Fsp3) is 0.400. The van der Waals surface area contributed by atoms with E-state index < -0.39 is 0 Å². The van der Waals surface area contributed by atoms with E-state index in [-0.39, 0.29) is 18.2 Å². The van der Waals surface area contributed by atoms with Crippen LogP contribution in [0.15, 0.2) is 24.5 Å². The topological polar surface area (TPSA) is 66.2 Å². The minimum Gasteiger partial charge on any atom is -0.497 e. The van der Waals surface area contributed by atoms with Gasteiger partial charge < -0.3 is 9.47 Å². The molecule has 0 fully saturated rings. The lowest BCUT2D eigenvalue weighted by Crippen LogP contribution is -2.13. The monoisotopic (exact) mass is 289 g/mol. The molecular weight excluding hydrogens is 270 g/mol. The van der Waals surface area contributed by atoms with Gasteiger partial charge in [0, 0.05) is 17.7 Å². The number of ketones is 1. The number of nitrogens with zero attached hydrogens (tertiary/aromatic N) is 3. The van der Waals surface area contributed by atoms with Crippen LogP contribution in [0.25, 0.3) is 0 Å². The zero-order valence-electron chi connectivity index (χ0n) is 12.7. The van der Waals surface area contributed by atoms with Crippen molar-refractivity contribution < 1.29 is 14.3 Å². The van der Waals surface area contributed by atoms with Gasteiger partial charge in [-0.25, -0.2) is 9.67 Å². The van der Waals surface area contributed by atoms with Gasteiger partial charge in [-0.1, -0.05) is 0 Å². The normalized spacial score (nSPS) is 10.7. The van der Waals surface area contributed by atoms with Gasteiger partial charge in [-0.2, -0.15) is 5.10 Å². The second-order valence-corrected chi connectivity index (χ2v) is 4.92. The summed E-state index contributed by atoms with van der Waals surface area (Å²) in [5, 5.41) is 4.13. The molecule has 0 atom stereocenters. The molecule has 1 aromatic carbocycles. The molecule has 0 bridgehead atoms. The lowest BCUT2D eigenvalue weighted by atomic mass is 10.1. The van der Waals surface area contributed by atoms with Crippen molar-refractivity contribution in [2.24, 2.45) is 0 Å². The van der Waals surface area contributed by atoms with E-state index in [1.54, 1.807) is 37.1 Å². The summed E-state index contributed by atoms with van der Waals surface area (Å²) in [6, 6.07) is 5.28. The minimum absolute atomic E-state index is 0.0536. The Hall–Kier alpha value is -2.37. The Morgan fingerprint density at radius 2 is 1.81 bits per heavy atom. The van der Waals surface area contributed by atoms with Crippen LogP contribution in [0, 0.1) is 0 Å². The van der Waals surface area contributed by atoms with Crippen molar-refractivity contribution in [1.82, 2.24) is 14.8 Å². The van der Waals surface area contributed by atoms with Gasteiger partial charge in [0.2, 0.25) is 0 Å². The molecule has 0 amide bonds. The smallest absolute Gasteiger partial charge is 0.170 e. The van der Waals surface area contributed by atoms with Crippen LogP contribution < -0.4 is 9.47 Å². The molecule has 0 spiro atoms. The first-order valence-electron chi connectivity index (χ1n) is 6.69. The first kappa shape index (κ1) is 15.0. The highest BCUT2D eigenvalue weighted by atomic mass is 16.5. The SMILES string of the molecule is COc1cc(OC)cc(C(=O)Cc2ncnn2C(C)C)c1. The summed E-state index contributed by atoms with van der Waals surface area (Å²) in [6.45, 7) is 3.99. The summed E-state index contributed by atoms with van der Waals surface area (Å²) in [5.74, 6) is 1.77. The average Bonchev–Trinajstić information content (AvgIpc) is 2.94.